The molecule has 1 aliphatic carbocycles. The van der Waals surface area contributed by atoms with Crippen LogP contribution in [0.4, 0.5) is 4.79 Å². The van der Waals surface area contributed by atoms with Crippen molar-refractivity contribution in [2.75, 3.05) is 6.54 Å². The quantitative estimate of drug-likeness (QED) is 0.198. The van der Waals surface area contributed by atoms with Crippen LogP contribution in [0.1, 0.15) is 84.7 Å². The number of nitrogens with zero attached hydrogens (tertiary/aromatic N) is 1. The Morgan fingerprint density at radius 2 is 1.65 bits per heavy atom. The van der Waals surface area contributed by atoms with Gasteiger partial charge in [-0.05, 0) is 54.1 Å². The molecule has 1 saturated carbocycles. The summed E-state index contributed by atoms with van der Waals surface area (Å²) in [6, 6.07) is -1.50. The maximum absolute atomic E-state index is 14.1. The molecule has 1 unspecified atom stereocenters. The number of carbonyl (C=O) groups is 6. The summed E-state index contributed by atoms with van der Waals surface area (Å²) in [7, 11) is 0. The first-order valence-electron chi connectivity index (χ1n) is 15.1. The molecule has 1 aliphatic heterocycles. The van der Waals surface area contributed by atoms with Gasteiger partial charge in [-0.25, -0.2) is 4.79 Å². The van der Waals surface area contributed by atoms with Crippen molar-refractivity contribution in [2.45, 2.75) is 98.3 Å². The van der Waals surface area contributed by atoms with Crippen LogP contribution in [0.5, 0.6) is 0 Å². The molecule has 238 valence electrons. The molecule has 1 saturated heterocycles. The first-order valence-corrected chi connectivity index (χ1v) is 15.1. The summed E-state index contributed by atoms with van der Waals surface area (Å²) in [5.41, 5.74) is 4.51. The van der Waals surface area contributed by atoms with Crippen molar-refractivity contribution in [1.29, 1.82) is 0 Å². The van der Waals surface area contributed by atoms with Gasteiger partial charge in [-0.3, -0.25) is 24.0 Å². The Balaban J connectivity index is 1.82. The highest BCUT2D eigenvalue weighted by molar-refractivity contribution is 6.37. The Hall–Kier alpha value is -3.70. The van der Waals surface area contributed by atoms with Gasteiger partial charge in [-0.15, -0.1) is 0 Å². The van der Waals surface area contributed by atoms with Gasteiger partial charge in [0.15, 0.2) is 5.76 Å². The molecule has 0 spiro atoms. The number of ketones is 2. The lowest BCUT2D eigenvalue weighted by atomic mass is 9.84. The summed E-state index contributed by atoms with van der Waals surface area (Å²) in [6.45, 7) is 13.2. The number of amides is 5. The zero-order valence-corrected chi connectivity index (χ0v) is 26.3. The number of nitrogens with one attached hydrogen (secondary N) is 3. The minimum absolute atomic E-state index is 0.0334. The molecule has 12 nitrogen and oxygen atoms in total. The average molecular weight is 602 g/mol. The Kier molecular flexibility index (Phi) is 10.8. The third kappa shape index (κ3) is 8.45. The molecule has 3 rings (SSSR count). The highest BCUT2D eigenvalue weighted by Crippen LogP contribution is 2.35. The number of nitrogens with two attached hydrogens (primary N) is 1. The Bertz CT molecular complexity index is 1200. The van der Waals surface area contributed by atoms with E-state index in [0.29, 0.717) is 12.8 Å². The predicted molar refractivity (Wildman–Crippen MR) is 158 cm³/mol. The topological polar surface area (TPSA) is 181 Å². The van der Waals surface area contributed by atoms with Gasteiger partial charge in [0.2, 0.25) is 23.4 Å². The number of hydrogen-bond acceptors (Lipinski definition) is 7. The van der Waals surface area contributed by atoms with Crippen molar-refractivity contribution in [3.8, 4) is 0 Å². The zero-order chi connectivity index (χ0) is 32.2. The lowest BCUT2D eigenvalue weighted by Gasteiger charge is -2.37. The number of Topliss-reactive ketones (excluding diaryl/α,β-unsaturated/α-hetero) is 2. The zero-order valence-electron chi connectivity index (χ0n) is 26.3. The second-order valence-corrected chi connectivity index (χ2v) is 13.6. The van der Waals surface area contributed by atoms with Crippen molar-refractivity contribution in [3.63, 3.8) is 0 Å². The Morgan fingerprint density at radius 1 is 1.00 bits per heavy atom. The van der Waals surface area contributed by atoms with Crippen LogP contribution in [0, 0.1) is 29.1 Å². The Morgan fingerprint density at radius 3 is 2.14 bits per heavy atom. The summed E-state index contributed by atoms with van der Waals surface area (Å²) < 4.78 is 5.23. The van der Waals surface area contributed by atoms with E-state index in [-0.39, 0.29) is 36.0 Å². The highest BCUT2D eigenvalue weighted by atomic mass is 16.3. The van der Waals surface area contributed by atoms with Crippen molar-refractivity contribution in [1.82, 2.24) is 20.9 Å². The highest BCUT2D eigenvalue weighted by Gasteiger charge is 2.48. The first-order chi connectivity index (χ1) is 20.0. The summed E-state index contributed by atoms with van der Waals surface area (Å²) >= 11 is 0. The summed E-state index contributed by atoms with van der Waals surface area (Å²) in [6.07, 6.45) is 4.07. The molecule has 1 aromatic rings. The molecular weight excluding hydrogens is 554 g/mol. The van der Waals surface area contributed by atoms with E-state index in [1.54, 1.807) is 40.7 Å². The molecule has 2 heterocycles. The van der Waals surface area contributed by atoms with Crippen LogP contribution in [0.25, 0.3) is 0 Å². The van der Waals surface area contributed by atoms with E-state index in [2.05, 4.69) is 16.0 Å². The number of rotatable bonds is 13. The standard InChI is InChI=1S/C31H47N5O7/c1-16(2)19-12-13-36(23(19)28(40)33-20(15-18-10-11-18)24(37)27(32)39)29(41)26(31(5,6)7)35-30(42)34-22(17(3)4)25(38)21-9-8-14-43-21/h8-9,14,16-20,22-23,26H,10-13,15H2,1-7H3,(H2,32,39)(H,33,40)(H2,34,35,42)/t19-,20?,22+,23+,26-/m1/s1. The van der Waals surface area contributed by atoms with Gasteiger partial charge < -0.3 is 31.0 Å². The molecular formula is C31H47N5O7. The predicted octanol–water partition coefficient (Wildman–Crippen LogP) is 2.41. The van der Waals surface area contributed by atoms with E-state index in [1.165, 1.54) is 17.2 Å². The first kappa shape index (κ1) is 33.8. The molecule has 12 heteroatoms. The van der Waals surface area contributed by atoms with Gasteiger partial charge in [0.05, 0.1) is 18.3 Å². The van der Waals surface area contributed by atoms with Gasteiger partial charge in [0, 0.05) is 6.54 Å². The third-order valence-electron chi connectivity index (χ3n) is 8.38. The molecule has 5 N–H and O–H groups in total. The average Bonchev–Trinajstić information content (AvgIpc) is 3.37. The molecule has 0 radical (unpaired) electrons. The number of urea groups is 1. The SMILES string of the molecule is CC(C)[C@H](NC(=O)N[C@H](C(=O)N1CC[C@H](C(C)C)[C@H]1C(=O)NC(CC1CC1)C(=O)C(N)=O)C(C)(C)C)C(=O)c1ccco1. The van der Waals surface area contributed by atoms with E-state index < -0.39 is 64.9 Å². The van der Waals surface area contributed by atoms with Gasteiger partial charge in [-0.1, -0.05) is 61.3 Å². The van der Waals surface area contributed by atoms with Crippen LogP contribution in [-0.4, -0.2) is 70.9 Å². The molecule has 0 aromatic carbocycles. The van der Waals surface area contributed by atoms with E-state index in [9.17, 15) is 28.8 Å². The molecule has 1 aromatic heterocycles. The fraction of sp³-hybridized carbons (Fsp3) is 0.677. The van der Waals surface area contributed by atoms with Gasteiger partial charge in [-0.2, -0.15) is 0 Å². The Labute approximate surface area is 253 Å². The minimum Gasteiger partial charge on any atom is -0.461 e. The maximum Gasteiger partial charge on any atom is 0.316 e. The third-order valence-corrected chi connectivity index (χ3v) is 8.38. The van der Waals surface area contributed by atoms with E-state index in [4.69, 9.17) is 10.2 Å². The van der Waals surface area contributed by atoms with E-state index in [0.717, 1.165) is 12.8 Å². The van der Waals surface area contributed by atoms with Crippen LogP contribution in [-0.2, 0) is 19.2 Å². The number of likely N-dealkylation sites (tertiary alicyclic amines) is 1. The molecule has 0 bridgehead atoms. The normalized spacial score (nSPS) is 20.8. The van der Waals surface area contributed by atoms with Crippen LogP contribution in [0.15, 0.2) is 22.8 Å². The number of hydrogen-bond donors (Lipinski definition) is 4. The lowest BCUT2D eigenvalue weighted by molar-refractivity contribution is -0.144. The number of primary amides is 1. The summed E-state index contributed by atoms with van der Waals surface area (Å²) in [5, 5.41) is 8.19. The smallest absolute Gasteiger partial charge is 0.316 e. The maximum atomic E-state index is 14.1. The van der Waals surface area contributed by atoms with Crippen LogP contribution in [0.2, 0.25) is 0 Å². The van der Waals surface area contributed by atoms with Crippen molar-refractivity contribution >= 4 is 35.3 Å². The van der Waals surface area contributed by atoms with Crippen LogP contribution in [0.3, 0.4) is 0 Å². The van der Waals surface area contributed by atoms with Crippen molar-refractivity contribution in [2.24, 2.45) is 34.8 Å². The molecule has 2 fully saturated rings. The minimum atomic E-state index is -1.11. The fourth-order valence-corrected chi connectivity index (χ4v) is 5.68. The van der Waals surface area contributed by atoms with Crippen molar-refractivity contribution in [3.05, 3.63) is 24.2 Å². The lowest BCUT2D eigenvalue weighted by Crippen LogP contribution is -2.62. The summed E-state index contributed by atoms with van der Waals surface area (Å²) in [5.74, 6) is -3.43. The van der Waals surface area contributed by atoms with Gasteiger partial charge in [0.25, 0.3) is 5.91 Å². The number of furan rings is 1. The molecule has 43 heavy (non-hydrogen) atoms. The number of carbonyl (C=O) groups excluding carboxylic acids is 6. The van der Waals surface area contributed by atoms with E-state index >= 15 is 0 Å². The monoisotopic (exact) mass is 601 g/mol. The van der Waals surface area contributed by atoms with Gasteiger partial charge >= 0.3 is 6.03 Å². The van der Waals surface area contributed by atoms with Crippen LogP contribution >= 0.6 is 0 Å². The largest absolute Gasteiger partial charge is 0.461 e. The fourth-order valence-electron chi connectivity index (χ4n) is 5.68. The molecule has 5 amide bonds. The molecule has 5 atom stereocenters. The second kappa shape index (κ2) is 13.7. The summed E-state index contributed by atoms with van der Waals surface area (Å²) in [4.78, 5) is 79.9. The van der Waals surface area contributed by atoms with Gasteiger partial charge in [0.1, 0.15) is 12.1 Å². The molecule has 2 aliphatic rings. The van der Waals surface area contributed by atoms with E-state index in [1.807, 2.05) is 13.8 Å². The second-order valence-electron chi connectivity index (χ2n) is 13.6. The van der Waals surface area contributed by atoms with Crippen LogP contribution < -0.4 is 21.7 Å². The van der Waals surface area contributed by atoms with Crippen molar-refractivity contribution < 1.29 is 33.2 Å².